The summed E-state index contributed by atoms with van der Waals surface area (Å²) in [5.41, 5.74) is 2.82. The fourth-order valence-electron chi connectivity index (χ4n) is 2.23. The van der Waals surface area contributed by atoms with Crippen molar-refractivity contribution in [2.24, 2.45) is 0 Å². The molecule has 104 valence electrons. The zero-order valence-electron chi connectivity index (χ0n) is 10.7. The van der Waals surface area contributed by atoms with Gasteiger partial charge in [0.05, 0.1) is 34.2 Å². The molecule has 0 fully saturated rings. The Morgan fingerprint density at radius 2 is 2.14 bits per heavy atom. The van der Waals surface area contributed by atoms with E-state index in [1.807, 2.05) is 12.1 Å². The van der Waals surface area contributed by atoms with Crippen molar-refractivity contribution in [2.75, 3.05) is 0 Å². The van der Waals surface area contributed by atoms with Crippen LogP contribution in [0.3, 0.4) is 0 Å². The third-order valence-corrected chi connectivity index (χ3v) is 3.83. The van der Waals surface area contributed by atoms with E-state index in [4.69, 9.17) is 29.1 Å². The summed E-state index contributed by atoms with van der Waals surface area (Å²) in [4.78, 5) is 3.01. The number of hydrogen-bond acceptors (Lipinski definition) is 2. The van der Waals surface area contributed by atoms with E-state index in [0.717, 1.165) is 5.56 Å². The van der Waals surface area contributed by atoms with Crippen LogP contribution in [-0.2, 0) is 6.54 Å². The summed E-state index contributed by atoms with van der Waals surface area (Å²) in [6.45, 7) is 0.454. The highest BCUT2D eigenvalue weighted by Crippen LogP contribution is 2.23. The van der Waals surface area contributed by atoms with Crippen molar-refractivity contribution in [3.05, 3.63) is 63.1 Å². The molecule has 0 bridgehead atoms. The summed E-state index contributed by atoms with van der Waals surface area (Å²) in [6, 6.07) is 12.2. The number of halogens is 2. The van der Waals surface area contributed by atoms with E-state index < -0.39 is 5.82 Å². The third kappa shape index (κ3) is 2.56. The standard InChI is InChI=1S/C15H9ClFN3S/c16-11-5-13-14(6-12(11)17)20(15(21)19-13)8-10-3-1-2-9(4-10)7-18/h1-6H,8H2,(H,19,21). The van der Waals surface area contributed by atoms with Gasteiger partial charge in [0, 0.05) is 6.07 Å². The Labute approximate surface area is 130 Å². The van der Waals surface area contributed by atoms with Gasteiger partial charge in [0.1, 0.15) is 5.82 Å². The summed E-state index contributed by atoms with van der Waals surface area (Å²) in [5.74, 6) is -0.488. The maximum absolute atomic E-state index is 13.7. The maximum atomic E-state index is 13.7. The number of aromatic nitrogens is 2. The molecule has 0 aliphatic carbocycles. The van der Waals surface area contributed by atoms with Crippen molar-refractivity contribution in [1.29, 1.82) is 5.26 Å². The average molecular weight is 318 g/mol. The van der Waals surface area contributed by atoms with Gasteiger partial charge in [-0.15, -0.1) is 0 Å². The van der Waals surface area contributed by atoms with E-state index in [2.05, 4.69) is 11.1 Å². The molecule has 3 aromatic rings. The highest BCUT2D eigenvalue weighted by Gasteiger charge is 2.09. The number of H-pyrrole nitrogens is 1. The molecule has 0 aliphatic heterocycles. The average Bonchev–Trinajstić information content (AvgIpc) is 2.76. The molecule has 1 N–H and O–H groups in total. The number of nitriles is 1. The van der Waals surface area contributed by atoms with E-state index in [1.54, 1.807) is 16.7 Å². The Hall–Kier alpha value is -2.16. The van der Waals surface area contributed by atoms with Gasteiger partial charge in [-0.2, -0.15) is 5.26 Å². The Morgan fingerprint density at radius 1 is 1.33 bits per heavy atom. The molecule has 3 nitrogen and oxygen atoms in total. The molecule has 0 atom stereocenters. The number of fused-ring (bicyclic) bond motifs is 1. The molecule has 0 unspecified atom stereocenters. The fraction of sp³-hybridized carbons (Fsp3) is 0.0667. The van der Waals surface area contributed by atoms with Crippen LogP contribution in [0.2, 0.25) is 5.02 Å². The van der Waals surface area contributed by atoms with Gasteiger partial charge in [0.15, 0.2) is 4.77 Å². The summed E-state index contributed by atoms with van der Waals surface area (Å²) in [6.07, 6.45) is 0. The van der Waals surface area contributed by atoms with Gasteiger partial charge < -0.3 is 9.55 Å². The molecule has 0 radical (unpaired) electrons. The van der Waals surface area contributed by atoms with E-state index >= 15 is 0 Å². The summed E-state index contributed by atoms with van der Waals surface area (Å²) in [7, 11) is 0. The SMILES string of the molecule is N#Cc1cccc(Cn2c(=S)[nH]c3cc(Cl)c(F)cc32)c1. The van der Waals surface area contributed by atoms with Gasteiger partial charge in [-0.25, -0.2) is 4.39 Å². The first-order chi connectivity index (χ1) is 10.1. The van der Waals surface area contributed by atoms with Crippen LogP contribution in [0.25, 0.3) is 11.0 Å². The second-order valence-electron chi connectivity index (χ2n) is 4.61. The summed E-state index contributed by atoms with van der Waals surface area (Å²) in [5, 5.41) is 8.99. The van der Waals surface area contributed by atoms with Gasteiger partial charge in [-0.1, -0.05) is 23.7 Å². The molecule has 0 amide bonds. The van der Waals surface area contributed by atoms with E-state index in [0.29, 0.717) is 27.9 Å². The van der Waals surface area contributed by atoms with Gasteiger partial charge >= 0.3 is 0 Å². The molecular formula is C15H9ClFN3S. The van der Waals surface area contributed by atoms with Gasteiger partial charge in [-0.3, -0.25) is 0 Å². The van der Waals surface area contributed by atoms with Crippen LogP contribution in [0, 0.1) is 21.9 Å². The molecule has 21 heavy (non-hydrogen) atoms. The van der Waals surface area contributed by atoms with Gasteiger partial charge in [0.2, 0.25) is 0 Å². The van der Waals surface area contributed by atoms with Crippen molar-refractivity contribution in [1.82, 2.24) is 9.55 Å². The fourth-order valence-corrected chi connectivity index (χ4v) is 2.67. The molecule has 0 saturated heterocycles. The third-order valence-electron chi connectivity index (χ3n) is 3.21. The second kappa shape index (κ2) is 5.32. The summed E-state index contributed by atoms with van der Waals surface area (Å²) >= 11 is 11.1. The van der Waals surface area contributed by atoms with Crippen molar-refractivity contribution in [3.8, 4) is 6.07 Å². The first-order valence-electron chi connectivity index (χ1n) is 6.15. The largest absolute Gasteiger partial charge is 0.331 e. The van der Waals surface area contributed by atoms with Gasteiger partial charge in [0.25, 0.3) is 0 Å². The van der Waals surface area contributed by atoms with Crippen LogP contribution >= 0.6 is 23.8 Å². The molecule has 1 heterocycles. The zero-order chi connectivity index (χ0) is 15.0. The van der Waals surface area contributed by atoms with Crippen molar-refractivity contribution in [3.63, 3.8) is 0 Å². The first-order valence-corrected chi connectivity index (χ1v) is 6.93. The molecule has 1 aromatic heterocycles. The summed E-state index contributed by atoms with van der Waals surface area (Å²) < 4.78 is 15.9. The molecule has 6 heteroatoms. The number of rotatable bonds is 2. The van der Waals surface area contributed by atoms with Crippen LogP contribution in [-0.4, -0.2) is 9.55 Å². The predicted molar refractivity (Wildman–Crippen MR) is 82.3 cm³/mol. The predicted octanol–water partition coefficient (Wildman–Crippen LogP) is 4.41. The minimum Gasteiger partial charge on any atom is -0.331 e. The molecule has 2 aromatic carbocycles. The topological polar surface area (TPSA) is 44.5 Å². The maximum Gasteiger partial charge on any atom is 0.178 e. The van der Waals surface area contributed by atoms with Gasteiger partial charge in [-0.05, 0) is 36.0 Å². The van der Waals surface area contributed by atoms with Crippen LogP contribution in [0.15, 0.2) is 36.4 Å². The number of hydrogen-bond donors (Lipinski definition) is 1. The Morgan fingerprint density at radius 3 is 2.90 bits per heavy atom. The Bertz CT molecular complexity index is 936. The lowest BCUT2D eigenvalue weighted by molar-refractivity contribution is 0.629. The van der Waals surface area contributed by atoms with Crippen LogP contribution in [0.4, 0.5) is 4.39 Å². The van der Waals surface area contributed by atoms with Crippen LogP contribution in [0.5, 0.6) is 0 Å². The van der Waals surface area contributed by atoms with Crippen molar-refractivity contribution < 1.29 is 4.39 Å². The lowest BCUT2D eigenvalue weighted by atomic mass is 10.1. The molecule has 3 rings (SSSR count). The number of nitrogens with zero attached hydrogens (tertiary/aromatic N) is 2. The van der Waals surface area contributed by atoms with E-state index in [9.17, 15) is 4.39 Å². The second-order valence-corrected chi connectivity index (χ2v) is 5.41. The van der Waals surface area contributed by atoms with E-state index in [1.165, 1.54) is 12.1 Å². The molecule has 0 aliphatic rings. The quantitative estimate of drug-likeness (QED) is 0.711. The minimum atomic E-state index is -0.488. The highest BCUT2D eigenvalue weighted by molar-refractivity contribution is 7.71. The zero-order valence-corrected chi connectivity index (χ0v) is 12.3. The minimum absolute atomic E-state index is 0.0531. The van der Waals surface area contributed by atoms with Crippen molar-refractivity contribution >= 4 is 34.9 Å². The lowest BCUT2D eigenvalue weighted by Gasteiger charge is -2.05. The number of benzene rings is 2. The lowest BCUT2D eigenvalue weighted by Crippen LogP contribution is -2.00. The first kappa shape index (κ1) is 13.8. The normalized spacial score (nSPS) is 10.7. The Kier molecular flexibility index (Phi) is 3.50. The Balaban J connectivity index is 2.12. The number of aromatic amines is 1. The highest BCUT2D eigenvalue weighted by atomic mass is 35.5. The molecule has 0 spiro atoms. The molecular weight excluding hydrogens is 309 g/mol. The molecule has 0 saturated carbocycles. The smallest absolute Gasteiger partial charge is 0.178 e. The number of nitrogens with one attached hydrogen (secondary N) is 1. The van der Waals surface area contributed by atoms with Crippen LogP contribution < -0.4 is 0 Å². The number of imidazole rings is 1. The monoisotopic (exact) mass is 317 g/mol. The van der Waals surface area contributed by atoms with Crippen LogP contribution in [0.1, 0.15) is 11.1 Å². The van der Waals surface area contributed by atoms with Crippen molar-refractivity contribution in [2.45, 2.75) is 6.54 Å². The van der Waals surface area contributed by atoms with E-state index in [-0.39, 0.29) is 5.02 Å².